The Bertz CT molecular complexity index is 820. The lowest BCUT2D eigenvalue weighted by Gasteiger charge is -2.32. The smallest absolute Gasteiger partial charge is 0.387 e. The second-order valence-corrected chi connectivity index (χ2v) is 6.26. The third-order valence-electron chi connectivity index (χ3n) is 4.47. The molecule has 0 aliphatic carbocycles. The number of guanidine groups is 1. The molecule has 10 nitrogen and oxygen atoms in total. The lowest BCUT2D eigenvalue weighted by Crippen LogP contribution is -2.62. The number of ether oxygens (including phenoxy) is 2. The molecule has 27 heavy (non-hydrogen) atoms. The number of fused-ring (bicyclic) bond motifs is 1. The van der Waals surface area contributed by atoms with Gasteiger partial charge < -0.3 is 14.6 Å². The Kier molecular flexibility index (Phi) is 5.00. The number of aliphatic imine (C=N–C) groups is 1. The van der Waals surface area contributed by atoms with Gasteiger partial charge in [-0.2, -0.15) is 0 Å². The van der Waals surface area contributed by atoms with Gasteiger partial charge in [-0.1, -0.05) is 4.99 Å². The van der Waals surface area contributed by atoms with E-state index in [2.05, 4.69) is 4.99 Å². The van der Waals surface area contributed by atoms with E-state index in [9.17, 15) is 14.7 Å². The molecule has 3 amide bonds. The van der Waals surface area contributed by atoms with Crippen molar-refractivity contribution < 1.29 is 28.7 Å². The molecule has 3 N–H and O–H groups in total. The Morgan fingerprint density at radius 1 is 1.22 bits per heavy atom. The fraction of sp³-hybridized carbons (Fsp3) is 0.412. The third-order valence-corrected chi connectivity index (χ3v) is 4.47. The predicted molar refractivity (Wildman–Crippen MR) is 96.0 cm³/mol. The van der Waals surface area contributed by atoms with E-state index in [0.29, 0.717) is 11.5 Å². The van der Waals surface area contributed by atoms with Crippen molar-refractivity contribution in [1.82, 2.24) is 9.80 Å². The van der Waals surface area contributed by atoms with Crippen molar-refractivity contribution in [3.63, 3.8) is 0 Å². The van der Waals surface area contributed by atoms with Crippen LogP contribution in [0.3, 0.4) is 0 Å². The van der Waals surface area contributed by atoms with Crippen molar-refractivity contribution in [2.24, 2.45) is 10.7 Å². The number of amidine groups is 1. The standard InChI is InChI=1S/C17H21N5O5/c1-20-14-13(15(24)21(2)17(20)25)22(16(18)19-14)8-10(23)9-27-12-6-4-11(26-3)5-7-12/h4-7,10,13,18,23H,8-9H2,1-3H3/p+1. The SMILES string of the molecule is COc1ccc(OCC(O)C[N+]2=C(N)N=C3C2C(=O)N(C)C(=O)N3C)cc1. The molecular weight excluding hydrogens is 354 g/mol. The molecule has 2 heterocycles. The van der Waals surface area contributed by atoms with Gasteiger partial charge in [-0.05, 0) is 24.3 Å². The molecule has 0 bridgehead atoms. The summed E-state index contributed by atoms with van der Waals surface area (Å²) in [6.07, 6.45) is -0.929. The van der Waals surface area contributed by atoms with Crippen molar-refractivity contribution in [2.45, 2.75) is 12.1 Å². The lowest BCUT2D eigenvalue weighted by atomic mass is 10.1. The van der Waals surface area contributed by atoms with E-state index >= 15 is 0 Å². The number of carbonyl (C=O) groups is 2. The number of benzene rings is 1. The number of carbonyl (C=O) groups excluding carboxylic acids is 2. The van der Waals surface area contributed by atoms with Crippen molar-refractivity contribution in [1.29, 1.82) is 0 Å². The maximum absolute atomic E-state index is 12.5. The first-order valence-electron chi connectivity index (χ1n) is 8.31. The number of aliphatic hydroxyl groups is 1. The van der Waals surface area contributed by atoms with Gasteiger partial charge in [0.2, 0.25) is 11.9 Å². The van der Waals surface area contributed by atoms with Gasteiger partial charge in [-0.3, -0.25) is 20.3 Å². The summed E-state index contributed by atoms with van der Waals surface area (Å²) < 4.78 is 12.1. The van der Waals surface area contributed by atoms with E-state index in [0.717, 1.165) is 4.90 Å². The van der Waals surface area contributed by atoms with E-state index in [1.165, 1.54) is 23.6 Å². The van der Waals surface area contributed by atoms with Crippen molar-refractivity contribution >= 4 is 23.7 Å². The number of nitrogens with two attached hydrogens (primary N) is 1. The molecule has 0 saturated carbocycles. The van der Waals surface area contributed by atoms with Gasteiger partial charge in [-0.15, -0.1) is 0 Å². The van der Waals surface area contributed by atoms with E-state index in [-0.39, 0.29) is 24.9 Å². The fourth-order valence-electron chi connectivity index (χ4n) is 2.96. The number of imide groups is 1. The Balaban J connectivity index is 1.65. The average Bonchev–Trinajstić information content (AvgIpc) is 2.99. The molecule has 2 aliphatic heterocycles. The summed E-state index contributed by atoms with van der Waals surface area (Å²) in [5.41, 5.74) is 5.92. The molecule has 2 atom stereocenters. The van der Waals surface area contributed by atoms with Crippen LogP contribution in [0.5, 0.6) is 11.5 Å². The number of likely N-dealkylation sites (N-methyl/N-ethyl adjacent to an activating group) is 2. The minimum atomic E-state index is -0.929. The number of methoxy groups -OCH3 is 1. The first-order chi connectivity index (χ1) is 12.8. The van der Waals surface area contributed by atoms with Crippen LogP contribution in [0.4, 0.5) is 4.79 Å². The largest absolute Gasteiger partial charge is 0.497 e. The summed E-state index contributed by atoms with van der Waals surface area (Å²) in [7, 11) is 4.49. The third kappa shape index (κ3) is 3.43. The minimum absolute atomic E-state index is 0.00301. The molecule has 0 radical (unpaired) electrons. The number of hydrogen-bond acceptors (Lipinski definition) is 7. The Morgan fingerprint density at radius 2 is 1.85 bits per heavy atom. The molecule has 1 saturated heterocycles. The van der Waals surface area contributed by atoms with Crippen molar-refractivity contribution in [2.75, 3.05) is 34.4 Å². The number of rotatable bonds is 6. The van der Waals surface area contributed by atoms with E-state index in [4.69, 9.17) is 15.2 Å². The molecule has 2 aliphatic rings. The maximum atomic E-state index is 12.5. The van der Waals surface area contributed by atoms with Crippen LogP contribution in [0.25, 0.3) is 0 Å². The number of hydrogen-bond donors (Lipinski definition) is 2. The fourth-order valence-corrected chi connectivity index (χ4v) is 2.96. The van der Waals surface area contributed by atoms with E-state index < -0.39 is 24.1 Å². The molecule has 1 aromatic rings. The zero-order valence-electron chi connectivity index (χ0n) is 15.3. The lowest BCUT2D eigenvalue weighted by molar-refractivity contribution is -0.544. The normalized spacial score (nSPS) is 20.6. The number of urea groups is 1. The van der Waals surface area contributed by atoms with Gasteiger partial charge in [0.05, 0.1) is 13.7 Å². The summed E-state index contributed by atoms with van der Waals surface area (Å²) in [4.78, 5) is 30.9. The van der Waals surface area contributed by atoms with Gasteiger partial charge in [0.25, 0.3) is 5.91 Å². The highest BCUT2D eigenvalue weighted by molar-refractivity contribution is 6.22. The van der Waals surface area contributed by atoms with Crippen LogP contribution in [0, 0.1) is 0 Å². The number of amides is 3. The van der Waals surface area contributed by atoms with Gasteiger partial charge in [-0.25, -0.2) is 9.37 Å². The highest BCUT2D eigenvalue weighted by Gasteiger charge is 2.51. The summed E-state index contributed by atoms with van der Waals surface area (Å²) in [5.74, 6) is 1.15. The average molecular weight is 376 g/mol. The van der Waals surface area contributed by atoms with Gasteiger partial charge >= 0.3 is 12.0 Å². The summed E-state index contributed by atoms with van der Waals surface area (Å²) >= 11 is 0. The van der Waals surface area contributed by atoms with E-state index in [1.807, 2.05) is 0 Å². The number of β-amino-alcohol motifs (C(OH)–C–C–N with tert-alkyl or cyclic N) is 1. The molecule has 3 rings (SSSR count). The van der Waals surface area contributed by atoms with Crippen molar-refractivity contribution in [3.8, 4) is 11.5 Å². The molecular formula is C17H22N5O5+. The summed E-state index contributed by atoms with van der Waals surface area (Å²) in [6.45, 7) is 0.0260. The van der Waals surface area contributed by atoms with Crippen LogP contribution >= 0.6 is 0 Å². The molecule has 1 aromatic carbocycles. The molecule has 0 spiro atoms. The van der Waals surface area contributed by atoms with Crippen LogP contribution in [-0.2, 0) is 4.79 Å². The quantitative estimate of drug-likeness (QED) is 0.619. The predicted octanol–water partition coefficient (Wildman–Crippen LogP) is -0.933. The zero-order valence-corrected chi connectivity index (χ0v) is 15.3. The molecule has 2 unspecified atom stereocenters. The molecule has 1 fully saturated rings. The second-order valence-electron chi connectivity index (χ2n) is 6.26. The summed E-state index contributed by atoms with van der Waals surface area (Å²) in [6, 6.07) is 5.63. The molecule has 10 heteroatoms. The van der Waals surface area contributed by atoms with Gasteiger partial charge in [0, 0.05) is 14.1 Å². The Hall–Kier alpha value is -3.14. The highest BCUT2D eigenvalue weighted by Crippen LogP contribution is 2.19. The molecule has 0 aromatic heterocycles. The second kappa shape index (κ2) is 7.23. The van der Waals surface area contributed by atoms with E-state index in [1.54, 1.807) is 31.4 Å². The van der Waals surface area contributed by atoms with Crippen molar-refractivity contribution in [3.05, 3.63) is 24.3 Å². The van der Waals surface area contributed by atoms with Crippen LogP contribution in [0.1, 0.15) is 0 Å². The first-order valence-corrected chi connectivity index (χ1v) is 8.31. The Morgan fingerprint density at radius 3 is 2.48 bits per heavy atom. The summed E-state index contributed by atoms with van der Waals surface area (Å²) in [5, 5.41) is 10.3. The van der Waals surface area contributed by atoms with Crippen LogP contribution in [0.2, 0.25) is 0 Å². The maximum Gasteiger partial charge on any atom is 0.387 e. The topological polar surface area (TPSA) is 121 Å². The monoisotopic (exact) mass is 376 g/mol. The number of nitrogens with zero attached hydrogens (tertiary/aromatic N) is 4. The van der Waals surface area contributed by atoms with Gasteiger partial charge in [0.15, 0.2) is 0 Å². The van der Waals surface area contributed by atoms with Gasteiger partial charge in [0.1, 0.15) is 24.2 Å². The molecule has 144 valence electrons. The zero-order chi connectivity index (χ0) is 19.7. The number of aliphatic hydroxyl groups excluding tert-OH is 1. The highest BCUT2D eigenvalue weighted by atomic mass is 16.5. The Labute approximate surface area is 156 Å². The first kappa shape index (κ1) is 18.6. The minimum Gasteiger partial charge on any atom is -0.497 e. The van der Waals surface area contributed by atoms with Crippen LogP contribution < -0.4 is 15.2 Å². The van der Waals surface area contributed by atoms with Crippen LogP contribution in [-0.4, -0.2) is 89.7 Å². The van der Waals surface area contributed by atoms with Crippen LogP contribution in [0.15, 0.2) is 29.3 Å².